The number of amides is 1. The maximum Gasteiger partial charge on any atom is 0.231 e. The number of pyridine rings is 1. The molecule has 2 rings (SSSR count). The number of hydrogen-bond donors (Lipinski definition) is 1. The van der Waals surface area contributed by atoms with Crippen molar-refractivity contribution < 1.29 is 9.53 Å². The molecule has 0 saturated carbocycles. The van der Waals surface area contributed by atoms with Crippen LogP contribution < -0.4 is 5.32 Å². The fourth-order valence-corrected chi connectivity index (χ4v) is 2.75. The summed E-state index contributed by atoms with van der Waals surface area (Å²) in [6.45, 7) is 6.00. The van der Waals surface area contributed by atoms with Gasteiger partial charge in [-0.25, -0.2) is 4.98 Å². The van der Waals surface area contributed by atoms with Gasteiger partial charge < -0.3 is 10.1 Å². The summed E-state index contributed by atoms with van der Waals surface area (Å²) in [4.78, 5) is 16.4. The van der Waals surface area contributed by atoms with Crippen molar-refractivity contribution in [3.8, 4) is 0 Å². The molecule has 0 aromatic carbocycles. The summed E-state index contributed by atoms with van der Waals surface area (Å²) >= 11 is 3.28. The molecular weight excluding hydrogens is 296 g/mol. The lowest BCUT2D eigenvalue weighted by Gasteiger charge is -2.17. The SMILES string of the molecule is CC1OC(C)C(C(=O)Nc2cccc(Br)n2)C1C. The summed E-state index contributed by atoms with van der Waals surface area (Å²) in [6, 6.07) is 5.44. The van der Waals surface area contributed by atoms with Crippen LogP contribution in [-0.4, -0.2) is 23.1 Å². The van der Waals surface area contributed by atoms with E-state index in [4.69, 9.17) is 4.74 Å². The monoisotopic (exact) mass is 312 g/mol. The molecule has 1 aromatic rings. The second kappa shape index (κ2) is 5.36. The smallest absolute Gasteiger partial charge is 0.231 e. The molecule has 4 nitrogen and oxygen atoms in total. The van der Waals surface area contributed by atoms with Gasteiger partial charge in [-0.2, -0.15) is 0 Å². The second-order valence-corrected chi connectivity index (χ2v) is 5.58. The quantitative estimate of drug-likeness (QED) is 0.854. The Kier molecular flexibility index (Phi) is 4.02. The minimum atomic E-state index is -0.124. The van der Waals surface area contributed by atoms with E-state index in [2.05, 4.69) is 26.2 Å². The predicted octanol–water partition coefficient (Wildman–Crippen LogP) is 2.84. The third kappa shape index (κ3) is 2.72. The molecule has 1 fully saturated rings. The molecule has 1 amide bonds. The Bertz CT molecular complexity index is 452. The summed E-state index contributed by atoms with van der Waals surface area (Å²) < 4.78 is 6.38. The molecule has 1 aliphatic heterocycles. The summed E-state index contributed by atoms with van der Waals surface area (Å²) in [7, 11) is 0. The Morgan fingerprint density at radius 3 is 2.61 bits per heavy atom. The number of carbonyl (C=O) groups is 1. The van der Waals surface area contributed by atoms with Crippen LogP contribution in [0.5, 0.6) is 0 Å². The van der Waals surface area contributed by atoms with Crippen molar-refractivity contribution in [3.05, 3.63) is 22.8 Å². The van der Waals surface area contributed by atoms with E-state index in [-0.39, 0.29) is 30.0 Å². The average molecular weight is 313 g/mol. The first-order chi connectivity index (χ1) is 8.49. The molecule has 0 radical (unpaired) electrons. The number of nitrogens with one attached hydrogen (secondary N) is 1. The van der Waals surface area contributed by atoms with Crippen LogP contribution in [0.25, 0.3) is 0 Å². The lowest BCUT2D eigenvalue weighted by molar-refractivity contribution is -0.122. The number of carbonyl (C=O) groups excluding carboxylic acids is 1. The lowest BCUT2D eigenvalue weighted by atomic mass is 9.89. The van der Waals surface area contributed by atoms with Crippen LogP contribution in [0, 0.1) is 11.8 Å². The molecule has 1 aromatic heterocycles. The van der Waals surface area contributed by atoms with Crippen LogP contribution in [0.3, 0.4) is 0 Å². The highest BCUT2D eigenvalue weighted by molar-refractivity contribution is 9.10. The van der Waals surface area contributed by atoms with Crippen LogP contribution in [0.4, 0.5) is 5.82 Å². The number of hydrogen-bond acceptors (Lipinski definition) is 3. The Morgan fingerprint density at radius 1 is 1.33 bits per heavy atom. The molecule has 4 atom stereocenters. The second-order valence-electron chi connectivity index (χ2n) is 4.77. The van der Waals surface area contributed by atoms with Gasteiger partial charge >= 0.3 is 0 Å². The van der Waals surface area contributed by atoms with Crippen molar-refractivity contribution >= 4 is 27.7 Å². The molecule has 98 valence electrons. The normalized spacial score (nSPS) is 31.3. The number of rotatable bonds is 2. The van der Waals surface area contributed by atoms with E-state index in [0.29, 0.717) is 10.4 Å². The topological polar surface area (TPSA) is 51.2 Å². The Morgan fingerprint density at radius 2 is 2.06 bits per heavy atom. The van der Waals surface area contributed by atoms with Crippen molar-refractivity contribution in [1.29, 1.82) is 0 Å². The van der Waals surface area contributed by atoms with Crippen LogP contribution in [0.15, 0.2) is 22.8 Å². The van der Waals surface area contributed by atoms with Gasteiger partial charge in [0.25, 0.3) is 0 Å². The molecule has 4 unspecified atom stereocenters. The minimum Gasteiger partial charge on any atom is -0.374 e. The Hall–Kier alpha value is -0.940. The highest BCUT2D eigenvalue weighted by Gasteiger charge is 2.41. The van der Waals surface area contributed by atoms with Crippen LogP contribution >= 0.6 is 15.9 Å². The van der Waals surface area contributed by atoms with Crippen molar-refractivity contribution in [2.45, 2.75) is 33.0 Å². The number of halogens is 1. The number of nitrogens with zero attached hydrogens (tertiary/aromatic N) is 1. The van der Waals surface area contributed by atoms with Crippen LogP contribution in [-0.2, 0) is 9.53 Å². The third-order valence-electron chi connectivity index (χ3n) is 3.51. The molecule has 18 heavy (non-hydrogen) atoms. The van der Waals surface area contributed by atoms with Crippen LogP contribution in [0.1, 0.15) is 20.8 Å². The number of anilines is 1. The zero-order chi connectivity index (χ0) is 13.3. The summed E-state index contributed by atoms with van der Waals surface area (Å²) in [5.41, 5.74) is 0. The fourth-order valence-electron chi connectivity index (χ4n) is 2.41. The van der Waals surface area contributed by atoms with E-state index in [1.807, 2.05) is 32.9 Å². The number of aromatic nitrogens is 1. The molecule has 0 spiro atoms. The Balaban J connectivity index is 2.08. The molecule has 0 bridgehead atoms. The largest absolute Gasteiger partial charge is 0.374 e. The van der Waals surface area contributed by atoms with Gasteiger partial charge in [-0.1, -0.05) is 13.0 Å². The molecule has 1 saturated heterocycles. The first-order valence-corrected chi connectivity index (χ1v) is 6.87. The van der Waals surface area contributed by atoms with Crippen molar-refractivity contribution in [2.75, 3.05) is 5.32 Å². The first-order valence-electron chi connectivity index (χ1n) is 6.08. The lowest BCUT2D eigenvalue weighted by Crippen LogP contribution is -2.32. The molecule has 5 heteroatoms. The highest BCUT2D eigenvalue weighted by atomic mass is 79.9. The minimum absolute atomic E-state index is 0.0232. The van der Waals surface area contributed by atoms with Gasteiger partial charge in [-0.05, 0) is 47.8 Å². The maximum absolute atomic E-state index is 12.2. The molecule has 1 aliphatic rings. The summed E-state index contributed by atoms with van der Waals surface area (Å²) in [5, 5.41) is 2.85. The average Bonchev–Trinajstić information content (AvgIpc) is 2.53. The van der Waals surface area contributed by atoms with Gasteiger partial charge in [-0.3, -0.25) is 4.79 Å². The zero-order valence-electron chi connectivity index (χ0n) is 10.7. The van der Waals surface area contributed by atoms with Crippen molar-refractivity contribution in [2.24, 2.45) is 11.8 Å². The molecule has 1 N–H and O–H groups in total. The van der Waals surface area contributed by atoms with Gasteiger partial charge in [0.2, 0.25) is 5.91 Å². The number of ether oxygens (including phenoxy) is 1. The fraction of sp³-hybridized carbons (Fsp3) is 0.538. The van der Waals surface area contributed by atoms with Gasteiger partial charge in [0.15, 0.2) is 0 Å². The highest BCUT2D eigenvalue weighted by Crippen LogP contribution is 2.32. The standard InChI is InChI=1S/C13H17BrN2O2/c1-7-8(2)18-9(3)12(7)13(17)16-11-6-4-5-10(14)15-11/h4-9,12H,1-3H3,(H,15,16,17). The van der Waals surface area contributed by atoms with Gasteiger partial charge in [0, 0.05) is 0 Å². The van der Waals surface area contributed by atoms with Gasteiger partial charge in [0.05, 0.1) is 18.1 Å². The van der Waals surface area contributed by atoms with Crippen molar-refractivity contribution in [1.82, 2.24) is 4.98 Å². The first kappa shape index (κ1) is 13.5. The Labute approximate surface area is 115 Å². The van der Waals surface area contributed by atoms with Gasteiger partial charge in [0.1, 0.15) is 10.4 Å². The van der Waals surface area contributed by atoms with E-state index in [1.54, 1.807) is 6.07 Å². The van der Waals surface area contributed by atoms with E-state index in [9.17, 15) is 4.79 Å². The van der Waals surface area contributed by atoms with E-state index in [1.165, 1.54) is 0 Å². The molecule has 2 heterocycles. The van der Waals surface area contributed by atoms with Gasteiger partial charge in [-0.15, -0.1) is 0 Å². The third-order valence-corrected chi connectivity index (χ3v) is 3.95. The summed E-state index contributed by atoms with van der Waals surface area (Å²) in [5.74, 6) is 0.631. The molecular formula is C13H17BrN2O2. The van der Waals surface area contributed by atoms with E-state index in [0.717, 1.165) is 0 Å². The van der Waals surface area contributed by atoms with Crippen molar-refractivity contribution in [3.63, 3.8) is 0 Å². The van der Waals surface area contributed by atoms with Crippen LogP contribution in [0.2, 0.25) is 0 Å². The van der Waals surface area contributed by atoms with E-state index < -0.39 is 0 Å². The molecule has 0 aliphatic carbocycles. The zero-order valence-corrected chi connectivity index (χ0v) is 12.3. The maximum atomic E-state index is 12.2. The summed E-state index contributed by atoms with van der Waals surface area (Å²) in [6.07, 6.45) is 0.0633. The van der Waals surface area contributed by atoms with E-state index >= 15 is 0 Å². The predicted molar refractivity (Wildman–Crippen MR) is 73.2 cm³/mol.